The zero-order valence-corrected chi connectivity index (χ0v) is 12.6. The van der Waals surface area contributed by atoms with Crippen molar-refractivity contribution in [3.8, 4) is 0 Å². The number of nitrogens with zero attached hydrogens (tertiary/aromatic N) is 1. The van der Waals surface area contributed by atoms with Crippen molar-refractivity contribution in [2.75, 3.05) is 13.6 Å². The number of carbonyl (C=O) groups is 1. The largest absolute Gasteiger partial charge is 0.338 e. The van der Waals surface area contributed by atoms with E-state index in [0.29, 0.717) is 12.1 Å². The molecule has 3 nitrogen and oxygen atoms in total. The van der Waals surface area contributed by atoms with E-state index in [2.05, 4.69) is 11.4 Å². The fraction of sp³-hybridized carbons (Fsp3) is 0.471. The molecule has 1 aliphatic carbocycles. The zero-order chi connectivity index (χ0) is 15.1. The molecule has 0 fully saturated rings. The van der Waals surface area contributed by atoms with Crippen LogP contribution in [0.15, 0.2) is 35.9 Å². The first kappa shape index (κ1) is 15.5. The molecular formula is C17H23FN2O. The first-order chi connectivity index (χ1) is 10.2. The van der Waals surface area contributed by atoms with Crippen molar-refractivity contribution in [2.24, 2.45) is 0 Å². The lowest BCUT2D eigenvalue weighted by Crippen LogP contribution is -2.37. The van der Waals surface area contributed by atoms with E-state index >= 15 is 0 Å². The van der Waals surface area contributed by atoms with Crippen molar-refractivity contribution < 1.29 is 9.18 Å². The molecule has 1 N–H and O–H groups in total. The molecule has 21 heavy (non-hydrogen) atoms. The molecule has 0 saturated heterocycles. The Balaban J connectivity index is 1.75. The highest BCUT2D eigenvalue weighted by Gasteiger charge is 2.11. The van der Waals surface area contributed by atoms with Crippen LogP contribution in [0.1, 0.15) is 37.7 Å². The number of urea groups is 1. The Morgan fingerprint density at radius 2 is 2.14 bits per heavy atom. The number of rotatable bonds is 5. The molecule has 0 heterocycles. The summed E-state index contributed by atoms with van der Waals surface area (Å²) in [6, 6.07) is 6.38. The van der Waals surface area contributed by atoms with E-state index in [1.165, 1.54) is 29.4 Å². The number of benzene rings is 1. The van der Waals surface area contributed by atoms with Crippen LogP contribution in [0.3, 0.4) is 0 Å². The molecule has 0 unspecified atom stereocenters. The molecular weight excluding hydrogens is 267 g/mol. The first-order valence-corrected chi connectivity index (χ1v) is 7.57. The Bertz CT molecular complexity index is 513. The molecule has 2 rings (SSSR count). The first-order valence-electron chi connectivity index (χ1n) is 7.57. The SMILES string of the molecule is CN(Cc1ccccc1F)C(=O)NCCC1=CCCCC1. The summed E-state index contributed by atoms with van der Waals surface area (Å²) >= 11 is 0. The van der Waals surface area contributed by atoms with Gasteiger partial charge in [-0.15, -0.1) is 0 Å². The second-order valence-electron chi connectivity index (χ2n) is 5.54. The van der Waals surface area contributed by atoms with Crippen LogP contribution >= 0.6 is 0 Å². The Morgan fingerprint density at radius 1 is 1.33 bits per heavy atom. The predicted octanol–water partition coefficient (Wildman–Crippen LogP) is 3.86. The van der Waals surface area contributed by atoms with E-state index in [1.54, 1.807) is 25.2 Å². The molecule has 4 heteroatoms. The number of hydrogen-bond donors (Lipinski definition) is 1. The van der Waals surface area contributed by atoms with Crippen LogP contribution in [-0.2, 0) is 6.54 Å². The van der Waals surface area contributed by atoms with Crippen molar-refractivity contribution in [3.63, 3.8) is 0 Å². The van der Waals surface area contributed by atoms with E-state index in [-0.39, 0.29) is 18.4 Å². The highest BCUT2D eigenvalue weighted by molar-refractivity contribution is 5.73. The van der Waals surface area contributed by atoms with Gasteiger partial charge in [0, 0.05) is 25.7 Å². The number of hydrogen-bond acceptors (Lipinski definition) is 1. The predicted molar refractivity (Wildman–Crippen MR) is 82.4 cm³/mol. The molecule has 0 spiro atoms. The van der Waals surface area contributed by atoms with E-state index in [4.69, 9.17) is 0 Å². The number of amides is 2. The smallest absolute Gasteiger partial charge is 0.317 e. The summed E-state index contributed by atoms with van der Waals surface area (Å²) in [5, 5.41) is 2.89. The highest BCUT2D eigenvalue weighted by Crippen LogP contribution is 2.19. The second-order valence-corrected chi connectivity index (χ2v) is 5.54. The van der Waals surface area contributed by atoms with Crippen molar-refractivity contribution in [1.29, 1.82) is 0 Å². The Kier molecular flexibility index (Phi) is 5.78. The van der Waals surface area contributed by atoms with Gasteiger partial charge >= 0.3 is 6.03 Å². The molecule has 0 atom stereocenters. The van der Waals surface area contributed by atoms with Gasteiger partial charge < -0.3 is 10.2 Å². The van der Waals surface area contributed by atoms with Gasteiger partial charge in [0.2, 0.25) is 0 Å². The number of allylic oxidation sites excluding steroid dienone is 1. The lowest BCUT2D eigenvalue weighted by atomic mass is 9.97. The van der Waals surface area contributed by atoms with Gasteiger partial charge in [-0.05, 0) is 38.2 Å². The molecule has 0 saturated carbocycles. The van der Waals surface area contributed by atoms with E-state index in [1.807, 2.05) is 0 Å². The van der Waals surface area contributed by atoms with Gasteiger partial charge in [0.25, 0.3) is 0 Å². The second kappa shape index (κ2) is 7.81. The van der Waals surface area contributed by atoms with Gasteiger partial charge in [0.15, 0.2) is 0 Å². The summed E-state index contributed by atoms with van der Waals surface area (Å²) in [4.78, 5) is 13.5. The molecule has 0 aromatic heterocycles. The number of nitrogens with one attached hydrogen (secondary N) is 1. The average molecular weight is 290 g/mol. The van der Waals surface area contributed by atoms with Gasteiger partial charge in [0.1, 0.15) is 5.82 Å². The van der Waals surface area contributed by atoms with Crippen LogP contribution in [0, 0.1) is 5.82 Å². The summed E-state index contributed by atoms with van der Waals surface area (Å²) in [6.45, 7) is 0.924. The minimum atomic E-state index is -0.274. The van der Waals surface area contributed by atoms with Crippen LogP contribution in [-0.4, -0.2) is 24.5 Å². The minimum absolute atomic E-state index is 0.158. The normalized spacial score (nSPS) is 14.5. The molecule has 114 valence electrons. The standard InChI is InChI=1S/C17H23FN2O/c1-20(13-15-9-5-6-10-16(15)18)17(21)19-12-11-14-7-3-2-4-8-14/h5-7,9-10H,2-4,8,11-13H2,1H3,(H,19,21). The molecule has 0 bridgehead atoms. The van der Waals surface area contributed by atoms with Gasteiger partial charge in [-0.25, -0.2) is 9.18 Å². The summed E-state index contributed by atoms with van der Waals surface area (Å²) in [5.74, 6) is -0.274. The average Bonchev–Trinajstić information content (AvgIpc) is 2.50. The maximum atomic E-state index is 13.5. The van der Waals surface area contributed by atoms with Crippen molar-refractivity contribution in [1.82, 2.24) is 10.2 Å². The Labute approximate surface area is 125 Å². The maximum Gasteiger partial charge on any atom is 0.317 e. The van der Waals surface area contributed by atoms with Crippen molar-refractivity contribution in [3.05, 3.63) is 47.3 Å². The quantitative estimate of drug-likeness (QED) is 0.821. The fourth-order valence-corrected chi connectivity index (χ4v) is 2.55. The molecule has 2 amide bonds. The van der Waals surface area contributed by atoms with Crippen molar-refractivity contribution >= 4 is 6.03 Å². The van der Waals surface area contributed by atoms with Crippen LogP contribution in [0.4, 0.5) is 9.18 Å². The lowest BCUT2D eigenvalue weighted by Gasteiger charge is -2.19. The fourth-order valence-electron chi connectivity index (χ4n) is 2.55. The molecule has 1 aromatic rings. The summed E-state index contributed by atoms with van der Waals surface area (Å²) in [5.41, 5.74) is 1.98. The topological polar surface area (TPSA) is 32.3 Å². The van der Waals surface area contributed by atoms with Gasteiger partial charge in [0.05, 0.1) is 0 Å². The minimum Gasteiger partial charge on any atom is -0.338 e. The summed E-state index contributed by atoms with van der Waals surface area (Å²) in [7, 11) is 1.68. The van der Waals surface area contributed by atoms with Crippen molar-refractivity contribution in [2.45, 2.75) is 38.6 Å². The van der Waals surface area contributed by atoms with Crippen LogP contribution in [0.25, 0.3) is 0 Å². The lowest BCUT2D eigenvalue weighted by molar-refractivity contribution is 0.206. The maximum absolute atomic E-state index is 13.5. The molecule has 0 aliphatic heterocycles. The summed E-state index contributed by atoms with van der Waals surface area (Å²) in [6.07, 6.45) is 8.06. The third-order valence-electron chi connectivity index (χ3n) is 3.82. The number of carbonyl (C=O) groups excluding carboxylic acids is 1. The van der Waals surface area contributed by atoms with Crippen LogP contribution in [0.5, 0.6) is 0 Å². The Hall–Kier alpha value is -1.84. The van der Waals surface area contributed by atoms with Gasteiger partial charge in [-0.2, -0.15) is 0 Å². The molecule has 1 aromatic carbocycles. The summed E-state index contributed by atoms with van der Waals surface area (Å²) < 4.78 is 13.5. The molecule has 1 aliphatic rings. The van der Waals surface area contributed by atoms with Gasteiger partial charge in [-0.1, -0.05) is 29.8 Å². The van der Waals surface area contributed by atoms with Crippen LogP contribution in [0.2, 0.25) is 0 Å². The van der Waals surface area contributed by atoms with Crippen LogP contribution < -0.4 is 5.32 Å². The number of halogens is 1. The molecule has 0 radical (unpaired) electrons. The van der Waals surface area contributed by atoms with Gasteiger partial charge in [-0.3, -0.25) is 0 Å². The Morgan fingerprint density at radius 3 is 2.86 bits per heavy atom. The van der Waals surface area contributed by atoms with E-state index < -0.39 is 0 Å². The van der Waals surface area contributed by atoms with E-state index in [0.717, 1.165) is 19.3 Å². The third kappa shape index (κ3) is 4.88. The monoisotopic (exact) mass is 290 g/mol. The van der Waals surface area contributed by atoms with E-state index in [9.17, 15) is 9.18 Å². The third-order valence-corrected chi connectivity index (χ3v) is 3.82. The highest BCUT2D eigenvalue weighted by atomic mass is 19.1. The zero-order valence-electron chi connectivity index (χ0n) is 12.6.